The lowest BCUT2D eigenvalue weighted by Crippen LogP contribution is -2.08. The van der Waals surface area contributed by atoms with E-state index in [1.165, 1.54) is 16.8 Å². The summed E-state index contributed by atoms with van der Waals surface area (Å²) in [6.07, 6.45) is -2.90. The molecule has 0 atom stereocenters. The molecule has 2 heterocycles. The van der Waals surface area contributed by atoms with E-state index in [0.717, 1.165) is 6.07 Å². The molecule has 0 spiro atoms. The van der Waals surface area contributed by atoms with Crippen LogP contribution in [-0.2, 0) is 13.2 Å². The van der Waals surface area contributed by atoms with E-state index in [0.29, 0.717) is 10.4 Å². The molecule has 0 aliphatic heterocycles. The van der Waals surface area contributed by atoms with Crippen molar-refractivity contribution >= 4 is 22.6 Å². The first-order chi connectivity index (χ1) is 6.89. The minimum atomic E-state index is -4.43. The van der Waals surface area contributed by atoms with Crippen molar-refractivity contribution in [2.45, 2.75) is 6.18 Å². The highest BCUT2D eigenvalue weighted by Gasteiger charge is 2.32. The number of halogens is 4. The topological polar surface area (TPSA) is 17.8 Å². The summed E-state index contributed by atoms with van der Waals surface area (Å²) in [6.45, 7) is 0. The van der Waals surface area contributed by atoms with Crippen LogP contribution in [-0.4, -0.2) is 9.55 Å². The number of pyridine rings is 1. The van der Waals surface area contributed by atoms with Crippen LogP contribution in [0, 0.1) is 0 Å². The Morgan fingerprint density at radius 3 is 2.60 bits per heavy atom. The Kier molecular flexibility index (Phi) is 2.15. The highest BCUT2D eigenvalue weighted by atomic mass is 35.5. The number of nitrogens with zero attached hydrogens (tertiary/aromatic N) is 2. The van der Waals surface area contributed by atoms with E-state index >= 15 is 0 Å². The van der Waals surface area contributed by atoms with Crippen LogP contribution in [0.2, 0.25) is 5.02 Å². The van der Waals surface area contributed by atoms with E-state index in [1.807, 2.05) is 0 Å². The Bertz CT molecular complexity index is 516. The predicted octanol–water partition coefficient (Wildman–Crippen LogP) is 3.25. The van der Waals surface area contributed by atoms with Gasteiger partial charge < -0.3 is 4.57 Å². The lowest BCUT2D eigenvalue weighted by Gasteiger charge is -2.05. The maximum absolute atomic E-state index is 12.3. The average Bonchev–Trinajstić information content (AvgIpc) is 2.41. The summed E-state index contributed by atoms with van der Waals surface area (Å²) in [7, 11) is 1.60. The second-order valence-electron chi connectivity index (χ2n) is 3.15. The number of hydrogen-bond donors (Lipinski definition) is 0. The molecule has 6 heteroatoms. The number of rotatable bonds is 0. The average molecular weight is 235 g/mol. The van der Waals surface area contributed by atoms with Crippen molar-refractivity contribution < 1.29 is 13.2 Å². The fraction of sp³-hybridized carbons (Fsp3) is 0.222. The molecule has 0 saturated heterocycles. The number of hydrogen-bond acceptors (Lipinski definition) is 1. The van der Waals surface area contributed by atoms with Gasteiger partial charge in [0, 0.05) is 18.6 Å². The van der Waals surface area contributed by atoms with Crippen LogP contribution in [0.4, 0.5) is 13.2 Å². The van der Waals surface area contributed by atoms with Crippen LogP contribution in [0.5, 0.6) is 0 Å². The standard InChI is InChI=1S/C9H6ClF3N2/c1-15-4-6(10)5-2-3-7(9(11,12)13)14-8(5)15/h2-4H,1H3. The molecule has 0 radical (unpaired) electrons. The molecule has 2 aromatic rings. The zero-order valence-electron chi connectivity index (χ0n) is 7.64. The van der Waals surface area contributed by atoms with Gasteiger partial charge in [0.1, 0.15) is 11.3 Å². The largest absolute Gasteiger partial charge is 0.433 e. The van der Waals surface area contributed by atoms with Crippen molar-refractivity contribution in [3.8, 4) is 0 Å². The van der Waals surface area contributed by atoms with Crippen LogP contribution < -0.4 is 0 Å². The maximum Gasteiger partial charge on any atom is 0.433 e. The van der Waals surface area contributed by atoms with Crippen LogP contribution in [0.1, 0.15) is 5.69 Å². The molecule has 0 aromatic carbocycles. The van der Waals surface area contributed by atoms with E-state index in [2.05, 4.69) is 4.98 Å². The molecule has 0 aliphatic carbocycles. The first kappa shape index (κ1) is 10.3. The third-order valence-electron chi connectivity index (χ3n) is 2.06. The molecule has 0 N–H and O–H groups in total. The van der Waals surface area contributed by atoms with Gasteiger partial charge in [-0.1, -0.05) is 11.6 Å². The summed E-state index contributed by atoms with van der Waals surface area (Å²) in [6, 6.07) is 2.25. The molecule has 2 aromatic heterocycles. The van der Waals surface area contributed by atoms with Crippen molar-refractivity contribution in [3.63, 3.8) is 0 Å². The van der Waals surface area contributed by atoms with E-state index in [4.69, 9.17) is 11.6 Å². The molecule has 0 bridgehead atoms. The molecule has 0 unspecified atom stereocenters. The number of alkyl halides is 3. The third kappa shape index (κ3) is 1.67. The summed E-state index contributed by atoms with van der Waals surface area (Å²) in [5.41, 5.74) is -0.678. The summed E-state index contributed by atoms with van der Waals surface area (Å²) in [5.74, 6) is 0. The fourth-order valence-electron chi connectivity index (χ4n) is 1.36. The molecule has 0 aliphatic rings. The maximum atomic E-state index is 12.3. The van der Waals surface area contributed by atoms with Gasteiger partial charge in [0.2, 0.25) is 0 Å². The highest BCUT2D eigenvalue weighted by molar-refractivity contribution is 6.35. The van der Waals surface area contributed by atoms with Crippen LogP contribution in [0.15, 0.2) is 18.3 Å². The zero-order valence-corrected chi connectivity index (χ0v) is 8.39. The van der Waals surface area contributed by atoms with Crippen LogP contribution >= 0.6 is 11.6 Å². The zero-order chi connectivity index (χ0) is 11.2. The van der Waals surface area contributed by atoms with Gasteiger partial charge in [-0.05, 0) is 12.1 Å². The lowest BCUT2D eigenvalue weighted by atomic mass is 10.3. The quantitative estimate of drug-likeness (QED) is 0.684. The van der Waals surface area contributed by atoms with E-state index in [-0.39, 0.29) is 5.65 Å². The van der Waals surface area contributed by atoms with Crippen molar-refractivity contribution in [2.24, 2.45) is 7.05 Å². The third-order valence-corrected chi connectivity index (χ3v) is 2.37. The summed E-state index contributed by atoms with van der Waals surface area (Å²) < 4.78 is 38.5. The second-order valence-corrected chi connectivity index (χ2v) is 3.56. The van der Waals surface area contributed by atoms with E-state index < -0.39 is 11.9 Å². The van der Waals surface area contributed by atoms with Gasteiger partial charge in [-0.3, -0.25) is 0 Å². The van der Waals surface area contributed by atoms with Crippen molar-refractivity contribution in [2.75, 3.05) is 0 Å². The molecule has 0 fully saturated rings. The molecule has 2 rings (SSSR count). The van der Waals surface area contributed by atoms with Crippen molar-refractivity contribution in [1.29, 1.82) is 0 Å². The van der Waals surface area contributed by atoms with Crippen LogP contribution in [0.25, 0.3) is 11.0 Å². The first-order valence-electron chi connectivity index (χ1n) is 4.08. The fourth-order valence-corrected chi connectivity index (χ4v) is 1.66. The highest BCUT2D eigenvalue weighted by Crippen LogP contribution is 2.31. The molecule has 80 valence electrons. The molecular weight excluding hydrogens is 229 g/mol. The molecule has 15 heavy (non-hydrogen) atoms. The Morgan fingerprint density at radius 2 is 2.00 bits per heavy atom. The van der Waals surface area contributed by atoms with Gasteiger partial charge in [-0.25, -0.2) is 4.98 Å². The van der Waals surface area contributed by atoms with Gasteiger partial charge in [0.25, 0.3) is 0 Å². The summed E-state index contributed by atoms with van der Waals surface area (Å²) in [5, 5.41) is 0.917. The van der Waals surface area contributed by atoms with Crippen molar-refractivity contribution in [3.05, 3.63) is 29.0 Å². The second kappa shape index (κ2) is 3.13. The predicted molar refractivity (Wildman–Crippen MR) is 50.7 cm³/mol. The summed E-state index contributed by atoms with van der Waals surface area (Å²) >= 11 is 5.80. The Hall–Kier alpha value is -1.23. The van der Waals surface area contributed by atoms with Crippen LogP contribution in [0.3, 0.4) is 0 Å². The number of aryl methyl sites for hydroxylation is 1. The Balaban J connectivity index is 2.71. The summed E-state index contributed by atoms with van der Waals surface area (Å²) in [4.78, 5) is 3.52. The molecule has 0 amide bonds. The number of fused-ring (bicyclic) bond motifs is 1. The van der Waals surface area contributed by atoms with Gasteiger partial charge in [-0.15, -0.1) is 0 Å². The van der Waals surface area contributed by atoms with E-state index in [9.17, 15) is 13.2 Å². The Morgan fingerprint density at radius 1 is 1.33 bits per heavy atom. The SMILES string of the molecule is Cn1cc(Cl)c2ccc(C(F)(F)F)nc21. The molecule has 0 saturated carbocycles. The van der Waals surface area contributed by atoms with Gasteiger partial charge in [0.15, 0.2) is 0 Å². The first-order valence-corrected chi connectivity index (χ1v) is 4.46. The van der Waals surface area contributed by atoms with Gasteiger partial charge >= 0.3 is 6.18 Å². The van der Waals surface area contributed by atoms with Crippen molar-refractivity contribution in [1.82, 2.24) is 9.55 Å². The minimum Gasteiger partial charge on any atom is -0.334 e. The number of aromatic nitrogens is 2. The Labute approximate surface area is 88.3 Å². The van der Waals surface area contributed by atoms with Gasteiger partial charge in [-0.2, -0.15) is 13.2 Å². The smallest absolute Gasteiger partial charge is 0.334 e. The van der Waals surface area contributed by atoms with E-state index in [1.54, 1.807) is 7.05 Å². The normalized spacial score (nSPS) is 12.3. The minimum absolute atomic E-state index is 0.231. The lowest BCUT2D eigenvalue weighted by molar-refractivity contribution is -0.141. The van der Waals surface area contributed by atoms with Gasteiger partial charge in [0.05, 0.1) is 5.02 Å². The molecule has 2 nitrogen and oxygen atoms in total. The molecular formula is C9H6ClF3N2. The monoisotopic (exact) mass is 234 g/mol.